The minimum absolute atomic E-state index is 0. The van der Waals surface area contributed by atoms with Gasteiger partial charge in [-0.05, 0) is 74.0 Å². The summed E-state index contributed by atoms with van der Waals surface area (Å²) in [7, 11) is 0. The summed E-state index contributed by atoms with van der Waals surface area (Å²) in [6.45, 7) is 11.4. The van der Waals surface area contributed by atoms with Crippen LogP contribution >= 0.6 is 0 Å². The number of fused-ring (bicyclic) bond motifs is 8. The molecule has 0 amide bonds. The first-order chi connectivity index (χ1) is 27.6. The van der Waals surface area contributed by atoms with Gasteiger partial charge in [0.05, 0.1) is 0 Å². The molecule has 0 bridgehead atoms. The zero-order valence-electron chi connectivity index (χ0n) is 33.2. The van der Waals surface area contributed by atoms with Crippen molar-refractivity contribution in [1.29, 1.82) is 0 Å². The Kier molecular flexibility index (Phi) is 8.44. The number of anilines is 3. The fourth-order valence-electron chi connectivity index (χ4n) is 9.35. The van der Waals surface area contributed by atoms with Crippen LogP contribution in [0.25, 0.3) is 38.8 Å². The smallest absolute Gasteiger partial charge is 0.514 e. The number of aromatic nitrogens is 2. The number of nitrogens with zero attached hydrogens (tertiary/aromatic N) is 4. The second kappa shape index (κ2) is 13.4. The molecule has 6 aromatic carbocycles. The third kappa shape index (κ3) is 5.62. The molecule has 286 valence electrons. The fraction of sp³-hybridized carbons (Fsp3) is 0.192. The summed E-state index contributed by atoms with van der Waals surface area (Å²) in [6, 6.07) is 55.8. The van der Waals surface area contributed by atoms with Crippen LogP contribution in [-0.2, 0) is 43.1 Å². The van der Waals surface area contributed by atoms with Crippen LogP contribution in [0.3, 0.4) is 0 Å². The zero-order valence-corrected chi connectivity index (χ0v) is 35.4. The van der Waals surface area contributed by atoms with Crippen molar-refractivity contribution in [3.63, 3.8) is 0 Å². The number of hydrogen-bond donors (Lipinski definition) is 0. The first-order valence-electron chi connectivity index (χ1n) is 20.0. The van der Waals surface area contributed by atoms with E-state index in [1.807, 2.05) is 6.20 Å². The maximum atomic E-state index is 6.73. The van der Waals surface area contributed by atoms with Crippen LogP contribution < -0.4 is 4.90 Å². The molecule has 4 heterocycles. The Bertz CT molecular complexity index is 2960. The van der Waals surface area contributed by atoms with Gasteiger partial charge in [-0.3, -0.25) is 4.99 Å². The van der Waals surface area contributed by atoms with Crippen LogP contribution in [0.5, 0.6) is 0 Å². The second-order valence-electron chi connectivity index (χ2n) is 17.2. The van der Waals surface area contributed by atoms with Gasteiger partial charge in [0.15, 0.2) is 0 Å². The summed E-state index contributed by atoms with van der Waals surface area (Å²) in [6.07, 6.45) is 2.78. The molecule has 0 saturated carbocycles. The van der Waals surface area contributed by atoms with Crippen molar-refractivity contribution in [2.45, 2.75) is 64.0 Å². The quantitative estimate of drug-likeness (QED) is 0.165. The SMILES string of the molecule is CC(C)(C)c1ccnc(-n2c3[c-]c4c(cc3c3ccccc32)C(C)(C)c2ccccc2N4c2[c-]c(C3=N[C@@H]4c5ccccc5C[C@@H]4O3)cc(-c3ccccc3)c2)c1.[Pt+2]. The van der Waals surface area contributed by atoms with Crippen molar-refractivity contribution in [3.8, 4) is 16.9 Å². The van der Waals surface area contributed by atoms with Gasteiger partial charge in [-0.25, -0.2) is 4.98 Å². The van der Waals surface area contributed by atoms with Crippen LogP contribution in [0, 0.1) is 12.1 Å². The Hall–Kier alpha value is -5.77. The molecule has 0 radical (unpaired) electrons. The van der Waals surface area contributed by atoms with Crippen molar-refractivity contribution in [3.05, 3.63) is 185 Å². The van der Waals surface area contributed by atoms with E-state index in [4.69, 9.17) is 14.7 Å². The number of benzene rings is 6. The molecule has 0 unspecified atom stereocenters. The topological polar surface area (TPSA) is 42.7 Å². The normalized spacial score (nSPS) is 17.5. The average Bonchev–Trinajstić information content (AvgIpc) is 3.90. The van der Waals surface area contributed by atoms with Gasteiger partial charge in [0.25, 0.3) is 0 Å². The number of pyridine rings is 1. The number of rotatable bonds is 4. The monoisotopic (exact) mass is 933 g/mol. The number of aliphatic imine (C=N–C) groups is 1. The third-order valence-electron chi connectivity index (χ3n) is 12.3. The molecule has 0 spiro atoms. The molecule has 2 aliphatic heterocycles. The Morgan fingerprint density at radius 3 is 2.34 bits per heavy atom. The van der Waals surface area contributed by atoms with E-state index in [0.717, 1.165) is 62.4 Å². The molecule has 58 heavy (non-hydrogen) atoms. The number of para-hydroxylation sites is 2. The van der Waals surface area contributed by atoms with Crippen molar-refractivity contribution >= 4 is 44.8 Å². The van der Waals surface area contributed by atoms with E-state index in [2.05, 4.69) is 190 Å². The van der Waals surface area contributed by atoms with E-state index >= 15 is 0 Å². The van der Waals surface area contributed by atoms with Gasteiger partial charge in [0.1, 0.15) is 23.9 Å². The zero-order chi connectivity index (χ0) is 38.6. The average molecular weight is 934 g/mol. The minimum Gasteiger partial charge on any atom is -0.514 e. The first kappa shape index (κ1) is 36.6. The molecule has 8 aromatic rings. The molecular weight excluding hydrogens is 892 g/mol. The van der Waals surface area contributed by atoms with E-state index < -0.39 is 0 Å². The molecule has 2 aromatic heterocycles. The summed E-state index contributed by atoms with van der Waals surface area (Å²) in [5.74, 6) is 1.53. The predicted molar refractivity (Wildman–Crippen MR) is 231 cm³/mol. The van der Waals surface area contributed by atoms with Gasteiger partial charge in [-0.1, -0.05) is 148 Å². The summed E-state index contributed by atoms with van der Waals surface area (Å²) in [4.78, 5) is 12.6. The molecule has 0 saturated heterocycles. The Morgan fingerprint density at radius 2 is 1.50 bits per heavy atom. The number of hydrogen-bond acceptors (Lipinski definition) is 4. The Balaban J connectivity index is 0.00000408. The van der Waals surface area contributed by atoms with Gasteiger partial charge in [-0.2, -0.15) is 6.07 Å². The first-order valence-corrected chi connectivity index (χ1v) is 20.0. The molecule has 6 heteroatoms. The second-order valence-corrected chi connectivity index (χ2v) is 17.2. The van der Waals surface area contributed by atoms with Gasteiger partial charge in [-0.15, -0.1) is 35.2 Å². The van der Waals surface area contributed by atoms with Crippen molar-refractivity contribution < 1.29 is 25.8 Å². The Morgan fingerprint density at radius 1 is 0.741 bits per heavy atom. The molecule has 1 aliphatic carbocycles. The minimum atomic E-state index is -0.315. The van der Waals surface area contributed by atoms with Crippen LogP contribution in [0.1, 0.15) is 74.0 Å². The van der Waals surface area contributed by atoms with Crippen LogP contribution in [-0.4, -0.2) is 21.6 Å². The standard InChI is InChI=1S/C52H42N4O.Pt/c1-51(2,3)36-23-24-53-48(29-36)56-43-21-13-11-19-39(43)40-30-42-46(31-45(40)56)55(44-22-14-12-20-41(44)52(42,4)5)37-26-34(32-15-7-6-8-16-32)25-35(27-37)50-54-49-38-18-10-9-17-33(38)28-47(49)57-50;/h6-26,29-30,47,49H,28H2,1-5H3;/q-2;+2/t47-,49+;/m0./s1. The number of ether oxygens (including phenoxy) is 1. The van der Waals surface area contributed by atoms with Crippen LogP contribution in [0.15, 0.2) is 145 Å². The van der Waals surface area contributed by atoms with E-state index in [0.29, 0.717) is 5.90 Å². The molecule has 0 N–H and O–H groups in total. The summed E-state index contributed by atoms with van der Waals surface area (Å²) in [5, 5.41) is 2.34. The molecule has 2 atom stereocenters. The van der Waals surface area contributed by atoms with Gasteiger partial charge >= 0.3 is 21.1 Å². The van der Waals surface area contributed by atoms with Crippen molar-refractivity contribution in [2.75, 3.05) is 4.90 Å². The van der Waals surface area contributed by atoms with Crippen LogP contribution in [0.2, 0.25) is 0 Å². The van der Waals surface area contributed by atoms with E-state index in [-0.39, 0.29) is 44.0 Å². The van der Waals surface area contributed by atoms with Gasteiger partial charge in [0.2, 0.25) is 0 Å². The fourth-order valence-corrected chi connectivity index (χ4v) is 9.35. The maximum absolute atomic E-state index is 6.73. The van der Waals surface area contributed by atoms with Gasteiger partial charge < -0.3 is 14.2 Å². The largest absolute Gasteiger partial charge is 2.00 e. The van der Waals surface area contributed by atoms with Crippen molar-refractivity contribution in [2.24, 2.45) is 4.99 Å². The molecule has 0 fully saturated rings. The molecule has 3 aliphatic rings. The van der Waals surface area contributed by atoms with E-state index in [1.54, 1.807) is 0 Å². The van der Waals surface area contributed by atoms with Crippen molar-refractivity contribution in [1.82, 2.24) is 9.55 Å². The maximum Gasteiger partial charge on any atom is 2.00 e. The van der Waals surface area contributed by atoms with Gasteiger partial charge in [0, 0.05) is 23.8 Å². The van der Waals surface area contributed by atoms with Crippen LogP contribution in [0.4, 0.5) is 17.1 Å². The summed E-state index contributed by atoms with van der Waals surface area (Å²) >= 11 is 0. The molecule has 11 rings (SSSR count). The van der Waals surface area contributed by atoms with E-state index in [9.17, 15) is 0 Å². The Labute approximate surface area is 354 Å². The molecular formula is C52H42N4OPt. The molecule has 5 nitrogen and oxygen atoms in total. The summed E-state index contributed by atoms with van der Waals surface area (Å²) in [5.41, 5.74) is 14.1. The summed E-state index contributed by atoms with van der Waals surface area (Å²) < 4.78 is 9.02. The third-order valence-corrected chi connectivity index (χ3v) is 12.3. The predicted octanol–water partition coefficient (Wildman–Crippen LogP) is 12.3. The van der Waals surface area contributed by atoms with E-state index in [1.165, 1.54) is 33.2 Å².